The van der Waals surface area contributed by atoms with Gasteiger partial charge in [-0.3, -0.25) is 4.79 Å². The molecule has 266 valence electrons. The normalized spacial score (nSPS) is 15.3. The Morgan fingerprint density at radius 3 is 1.56 bits per heavy atom. The van der Waals surface area contributed by atoms with Gasteiger partial charge in [0.05, 0.1) is 22.2 Å². The van der Waals surface area contributed by atoms with Gasteiger partial charge < -0.3 is 35.3 Å². The van der Waals surface area contributed by atoms with E-state index < -0.39 is 6.10 Å². The summed E-state index contributed by atoms with van der Waals surface area (Å²) in [5, 5.41) is 35.6. The molecule has 0 saturated carbocycles. The number of nitrogens with one attached hydrogen (secondary N) is 1. The second-order valence-corrected chi connectivity index (χ2v) is 12.8. The highest BCUT2D eigenvalue weighted by Gasteiger charge is 2.27. The van der Waals surface area contributed by atoms with Crippen LogP contribution in [0.1, 0.15) is 13.3 Å². The van der Waals surface area contributed by atoms with Crippen molar-refractivity contribution in [1.82, 2.24) is 30.2 Å². The van der Waals surface area contributed by atoms with Crippen molar-refractivity contribution in [2.45, 2.75) is 19.4 Å². The number of fused-ring (bicyclic) bond motifs is 2. The molecular weight excluding hydrogens is 656 g/mol. The minimum atomic E-state index is -0.936. The van der Waals surface area contributed by atoms with Gasteiger partial charge in [-0.15, -0.1) is 0 Å². The Kier molecular flexibility index (Phi) is 10.4. The number of aliphatic hydroxyl groups is 1. The van der Waals surface area contributed by atoms with Gasteiger partial charge in [-0.2, -0.15) is 0 Å². The summed E-state index contributed by atoms with van der Waals surface area (Å²) in [6.45, 7) is 7.82. The summed E-state index contributed by atoms with van der Waals surface area (Å²) in [5.41, 5.74) is 2.94. The van der Waals surface area contributed by atoms with E-state index >= 15 is 0 Å². The molecule has 2 aliphatic rings. The van der Waals surface area contributed by atoms with Crippen molar-refractivity contribution in [3.63, 3.8) is 0 Å². The number of phenolic OH excluding ortho intramolecular Hbond substituents is 2. The Hall–Kier alpha value is -5.85. The number of carbonyl (C=O) groups excluding carboxylic acids is 1. The van der Waals surface area contributed by atoms with Crippen LogP contribution in [0.3, 0.4) is 0 Å². The number of nitrogens with zero attached hydrogens (tertiary/aromatic N) is 7. The first-order valence-electron chi connectivity index (χ1n) is 17.7. The third-order valence-electron chi connectivity index (χ3n) is 9.44. The Morgan fingerprint density at radius 1 is 0.635 bits per heavy atom. The Bertz CT molecular complexity index is 2180. The van der Waals surface area contributed by atoms with Gasteiger partial charge >= 0.3 is 0 Å². The molecule has 2 aromatic heterocycles. The maximum atomic E-state index is 12.3. The number of para-hydroxylation sites is 4. The van der Waals surface area contributed by atoms with Crippen molar-refractivity contribution in [2.24, 2.45) is 0 Å². The highest BCUT2D eigenvalue weighted by Crippen LogP contribution is 2.33. The van der Waals surface area contributed by atoms with E-state index in [0.717, 1.165) is 59.6 Å². The quantitative estimate of drug-likeness (QED) is 0.189. The van der Waals surface area contributed by atoms with E-state index in [1.54, 1.807) is 42.2 Å². The van der Waals surface area contributed by atoms with Gasteiger partial charge in [0.2, 0.25) is 0 Å². The molecule has 4 heterocycles. The Labute approximate surface area is 302 Å². The molecule has 4 N–H and O–H groups in total. The van der Waals surface area contributed by atoms with Crippen LogP contribution in [0.15, 0.2) is 97.1 Å². The first kappa shape index (κ1) is 34.6. The number of aliphatic hydroxyl groups excluding tert-OH is 1. The number of hydrogen-bond donors (Lipinski definition) is 4. The maximum absolute atomic E-state index is 12.3. The minimum Gasteiger partial charge on any atom is -0.507 e. The number of anilines is 2. The number of carbonyl (C=O) groups is 1. The molecular formula is C40H42N8O4. The van der Waals surface area contributed by atoms with Crippen LogP contribution in [-0.4, -0.2) is 105 Å². The zero-order valence-corrected chi connectivity index (χ0v) is 29.1. The Balaban J connectivity index is 0.000000166. The summed E-state index contributed by atoms with van der Waals surface area (Å²) in [6.07, 6.45) is -0.520. The summed E-state index contributed by atoms with van der Waals surface area (Å²) >= 11 is 0. The average Bonchev–Trinajstić information content (AvgIpc) is 3.20. The van der Waals surface area contributed by atoms with Crippen LogP contribution in [0.25, 0.3) is 44.6 Å². The van der Waals surface area contributed by atoms with Crippen molar-refractivity contribution >= 4 is 39.3 Å². The van der Waals surface area contributed by atoms with Crippen molar-refractivity contribution in [3.05, 3.63) is 97.1 Å². The van der Waals surface area contributed by atoms with E-state index in [1.807, 2.05) is 60.7 Å². The smallest absolute Gasteiger partial charge is 0.251 e. The van der Waals surface area contributed by atoms with E-state index in [4.69, 9.17) is 9.97 Å². The van der Waals surface area contributed by atoms with Crippen LogP contribution in [0.2, 0.25) is 0 Å². The first-order chi connectivity index (χ1) is 25.4. The van der Waals surface area contributed by atoms with Crippen LogP contribution in [0.4, 0.5) is 11.6 Å². The molecule has 4 aromatic carbocycles. The van der Waals surface area contributed by atoms with E-state index in [1.165, 1.54) is 0 Å². The standard InChI is InChI=1S/C22H24N4O3.C18H18N4O/c1-2-18(27)22(29)26-13-11-25(12-14-26)21-15-7-3-5-9-17(15)23-20(24-21)16-8-4-6-10-19(16)28;23-16-8-4-2-6-14(16)17-20-15-7-3-1-5-13(15)18(21-17)22-11-9-19-10-12-22/h3-10,18,27-28H,2,11-14H2,1H3;1-8,19,23H,9-12H2/t18-;/m1./s1. The summed E-state index contributed by atoms with van der Waals surface area (Å²) in [5.74, 6) is 2.89. The molecule has 8 rings (SSSR count). The topological polar surface area (TPSA) is 151 Å². The third-order valence-corrected chi connectivity index (χ3v) is 9.44. The number of amides is 1. The molecule has 2 aliphatic heterocycles. The molecule has 0 aliphatic carbocycles. The van der Waals surface area contributed by atoms with Gasteiger partial charge in [-0.25, -0.2) is 19.9 Å². The van der Waals surface area contributed by atoms with Crippen molar-refractivity contribution in [3.8, 4) is 34.3 Å². The molecule has 0 bridgehead atoms. The highest BCUT2D eigenvalue weighted by molar-refractivity contribution is 5.92. The zero-order chi connectivity index (χ0) is 36.0. The van der Waals surface area contributed by atoms with Gasteiger partial charge in [-0.1, -0.05) is 55.5 Å². The van der Waals surface area contributed by atoms with Gasteiger partial charge in [0, 0.05) is 63.1 Å². The van der Waals surface area contributed by atoms with Crippen LogP contribution in [-0.2, 0) is 4.79 Å². The Morgan fingerprint density at radius 2 is 1.08 bits per heavy atom. The van der Waals surface area contributed by atoms with Crippen LogP contribution >= 0.6 is 0 Å². The predicted octanol–water partition coefficient (Wildman–Crippen LogP) is 4.83. The van der Waals surface area contributed by atoms with Gasteiger partial charge in [0.1, 0.15) is 29.2 Å². The van der Waals surface area contributed by atoms with Crippen molar-refractivity contribution in [2.75, 3.05) is 62.2 Å². The average molecular weight is 699 g/mol. The number of piperazine rings is 2. The van der Waals surface area contributed by atoms with Crippen molar-refractivity contribution in [1.29, 1.82) is 0 Å². The highest BCUT2D eigenvalue weighted by atomic mass is 16.3. The molecule has 6 aromatic rings. The molecule has 1 amide bonds. The van der Waals surface area contributed by atoms with Gasteiger partial charge in [-0.05, 0) is 55.0 Å². The molecule has 12 heteroatoms. The lowest BCUT2D eigenvalue weighted by Crippen LogP contribution is -2.51. The molecule has 2 fully saturated rings. The predicted molar refractivity (Wildman–Crippen MR) is 203 cm³/mol. The van der Waals surface area contributed by atoms with Crippen LogP contribution < -0.4 is 15.1 Å². The summed E-state index contributed by atoms with van der Waals surface area (Å²) in [7, 11) is 0. The van der Waals surface area contributed by atoms with Gasteiger partial charge in [0.15, 0.2) is 11.6 Å². The third kappa shape index (κ3) is 7.30. The largest absolute Gasteiger partial charge is 0.507 e. The number of hydrogen-bond acceptors (Lipinski definition) is 11. The summed E-state index contributed by atoms with van der Waals surface area (Å²) in [6, 6.07) is 30.1. The number of benzene rings is 4. The van der Waals surface area contributed by atoms with E-state index in [-0.39, 0.29) is 17.4 Å². The van der Waals surface area contributed by atoms with Crippen molar-refractivity contribution < 1.29 is 20.1 Å². The minimum absolute atomic E-state index is 0.137. The number of rotatable bonds is 6. The number of aromatic nitrogens is 4. The molecule has 1 atom stereocenters. The summed E-state index contributed by atoms with van der Waals surface area (Å²) in [4.78, 5) is 37.2. The molecule has 12 nitrogen and oxygen atoms in total. The first-order valence-corrected chi connectivity index (χ1v) is 17.7. The second-order valence-electron chi connectivity index (χ2n) is 12.8. The lowest BCUT2D eigenvalue weighted by Gasteiger charge is -2.36. The maximum Gasteiger partial charge on any atom is 0.251 e. The molecule has 52 heavy (non-hydrogen) atoms. The summed E-state index contributed by atoms with van der Waals surface area (Å²) < 4.78 is 0. The monoisotopic (exact) mass is 698 g/mol. The lowest BCUT2D eigenvalue weighted by atomic mass is 10.1. The second kappa shape index (κ2) is 15.6. The SMILES string of the molecule is CC[C@@H](O)C(=O)N1CCN(c2nc(-c3ccccc3O)nc3ccccc23)CC1.Oc1ccccc1-c1nc(N2CCNCC2)c2ccccc2n1. The fourth-order valence-electron chi connectivity index (χ4n) is 6.57. The van der Waals surface area contributed by atoms with E-state index in [2.05, 4.69) is 31.2 Å². The van der Waals surface area contributed by atoms with Crippen LogP contribution in [0, 0.1) is 0 Å². The molecule has 0 unspecified atom stereocenters. The number of phenols is 2. The number of aromatic hydroxyl groups is 2. The lowest BCUT2D eigenvalue weighted by molar-refractivity contribution is -0.140. The molecule has 0 radical (unpaired) electrons. The fourth-order valence-corrected chi connectivity index (χ4v) is 6.57. The van der Waals surface area contributed by atoms with Gasteiger partial charge in [0.25, 0.3) is 5.91 Å². The van der Waals surface area contributed by atoms with E-state index in [0.29, 0.717) is 55.4 Å². The zero-order valence-electron chi connectivity index (χ0n) is 29.1. The fraction of sp³-hybridized carbons (Fsp3) is 0.275. The van der Waals surface area contributed by atoms with Crippen LogP contribution in [0.5, 0.6) is 11.5 Å². The molecule has 0 spiro atoms. The van der Waals surface area contributed by atoms with E-state index in [9.17, 15) is 20.1 Å². The molecule has 2 saturated heterocycles.